The van der Waals surface area contributed by atoms with Crippen molar-refractivity contribution in [2.75, 3.05) is 38.3 Å². The number of pyridine rings is 1. The van der Waals surface area contributed by atoms with Gasteiger partial charge in [0.05, 0.1) is 23.2 Å². The van der Waals surface area contributed by atoms with Crippen LogP contribution in [0.25, 0.3) is 21.8 Å². The number of nitrogens with one attached hydrogen (secondary N) is 1. The third-order valence-corrected chi connectivity index (χ3v) is 5.44. The van der Waals surface area contributed by atoms with Crippen LogP contribution in [0.4, 0.5) is 5.69 Å². The highest BCUT2D eigenvalue weighted by atomic mass is 16.5. The normalized spacial score (nSPS) is 14.7. The number of nitrogens with zero attached hydrogens (tertiary/aromatic N) is 3. The van der Waals surface area contributed by atoms with Crippen LogP contribution < -0.4 is 16.2 Å². The molecule has 0 spiro atoms. The molecule has 2 aromatic heterocycles. The molecule has 0 bridgehead atoms. The lowest BCUT2D eigenvalue weighted by atomic mass is 10.1. The summed E-state index contributed by atoms with van der Waals surface area (Å²) in [7, 11) is 1.66. The van der Waals surface area contributed by atoms with Gasteiger partial charge in [0.2, 0.25) is 0 Å². The Morgan fingerprint density at radius 3 is 2.85 bits per heavy atom. The molecule has 3 heterocycles. The van der Waals surface area contributed by atoms with E-state index in [2.05, 4.69) is 33.3 Å². The molecule has 0 radical (unpaired) electrons. The molecule has 0 saturated carbocycles. The maximum Gasteiger partial charge on any atom is 0.262 e. The second-order valence-corrected chi connectivity index (χ2v) is 7.16. The predicted octanol–water partition coefficient (Wildman–Crippen LogP) is 2.02. The molecule has 0 unspecified atom stereocenters. The molecule has 1 aromatic carbocycles. The number of aryl methyl sites for hydroxylation is 1. The number of rotatable bonds is 7. The van der Waals surface area contributed by atoms with Crippen molar-refractivity contribution in [3.8, 4) is 0 Å². The number of aromatic amines is 1. The number of aromatic nitrogens is 3. The van der Waals surface area contributed by atoms with Crippen LogP contribution in [0.5, 0.6) is 0 Å². The summed E-state index contributed by atoms with van der Waals surface area (Å²) in [5.74, 6) is 0. The summed E-state index contributed by atoms with van der Waals surface area (Å²) >= 11 is 0. The topological polar surface area (TPSA) is 89.2 Å². The van der Waals surface area contributed by atoms with Crippen LogP contribution in [0.3, 0.4) is 0 Å². The van der Waals surface area contributed by atoms with Crippen LogP contribution in [-0.2, 0) is 17.7 Å². The van der Waals surface area contributed by atoms with Crippen LogP contribution in [0.1, 0.15) is 25.0 Å². The second kappa shape index (κ2) is 7.70. The van der Waals surface area contributed by atoms with E-state index in [0.29, 0.717) is 31.5 Å². The van der Waals surface area contributed by atoms with Crippen molar-refractivity contribution in [3.63, 3.8) is 0 Å². The molecule has 1 fully saturated rings. The number of ether oxygens (including phenoxy) is 1. The molecule has 3 N–H and O–H groups in total. The Balaban J connectivity index is 1.94. The number of methoxy groups -OCH3 is 1. The number of benzene rings is 1. The number of fused-ring (bicyclic) bond motifs is 3. The molecule has 1 aliphatic rings. The van der Waals surface area contributed by atoms with E-state index in [-0.39, 0.29) is 5.56 Å². The van der Waals surface area contributed by atoms with E-state index >= 15 is 0 Å². The van der Waals surface area contributed by atoms with Gasteiger partial charge in [0.15, 0.2) is 0 Å². The zero-order chi connectivity index (χ0) is 18.8. The van der Waals surface area contributed by atoms with E-state index in [1.54, 1.807) is 7.11 Å². The Hall–Kier alpha value is -2.38. The highest BCUT2D eigenvalue weighted by Crippen LogP contribution is 2.29. The first-order chi connectivity index (χ1) is 13.2. The van der Waals surface area contributed by atoms with Crippen molar-refractivity contribution >= 4 is 27.5 Å². The van der Waals surface area contributed by atoms with Gasteiger partial charge in [-0.25, -0.2) is 0 Å². The van der Waals surface area contributed by atoms with Crippen LogP contribution in [0.2, 0.25) is 0 Å². The summed E-state index contributed by atoms with van der Waals surface area (Å²) in [6, 6.07) is 6.36. The number of anilines is 1. The third-order valence-electron chi connectivity index (χ3n) is 5.44. The van der Waals surface area contributed by atoms with Crippen molar-refractivity contribution in [1.82, 2.24) is 14.8 Å². The number of hydrogen-bond acceptors (Lipinski definition) is 5. The second-order valence-electron chi connectivity index (χ2n) is 7.16. The standard InChI is InChI=1S/C20H27N5O2/c1-27-12-7-16-18-19(23-22-16)15-13-14(24-9-2-3-10-24)5-6-17(15)25(20(18)26)11-4-8-21/h5-6,13H,2-4,7-12,21H2,1H3,(H,22,23). The molecule has 27 heavy (non-hydrogen) atoms. The summed E-state index contributed by atoms with van der Waals surface area (Å²) in [6.07, 6.45) is 3.86. The van der Waals surface area contributed by atoms with E-state index < -0.39 is 0 Å². The lowest BCUT2D eigenvalue weighted by molar-refractivity contribution is 0.201. The Kier molecular flexibility index (Phi) is 5.13. The molecule has 0 atom stereocenters. The Morgan fingerprint density at radius 1 is 1.30 bits per heavy atom. The zero-order valence-corrected chi connectivity index (χ0v) is 15.8. The van der Waals surface area contributed by atoms with Crippen LogP contribution in [0, 0.1) is 0 Å². The molecule has 7 nitrogen and oxygen atoms in total. The fourth-order valence-corrected chi connectivity index (χ4v) is 4.03. The molecule has 0 aliphatic carbocycles. The fourth-order valence-electron chi connectivity index (χ4n) is 4.03. The van der Waals surface area contributed by atoms with E-state index in [9.17, 15) is 4.79 Å². The van der Waals surface area contributed by atoms with E-state index in [1.165, 1.54) is 18.5 Å². The lowest BCUT2D eigenvalue weighted by Crippen LogP contribution is -2.23. The summed E-state index contributed by atoms with van der Waals surface area (Å²) in [4.78, 5) is 15.6. The Bertz CT molecular complexity index is 1000. The van der Waals surface area contributed by atoms with Gasteiger partial charge in [-0.05, 0) is 44.0 Å². The van der Waals surface area contributed by atoms with Gasteiger partial charge in [-0.1, -0.05) is 0 Å². The van der Waals surface area contributed by atoms with E-state index in [1.807, 2.05) is 4.57 Å². The van der Waals surface area contributed by atoms with Gasteiger partial charge in [-0.2, -0.15) is 5.10 Å². The van der Waals surface area contributed by atoms with Crippen molar-refractivity contribution < 1.29 is 4.74 Å². The van der Waals surface area contributed by atoms with Gasteiger partial charge in [0.1, 0.15) is 5.52 Å². The maximum atomic E-state index is 13.2. The molecular formula is C20H27N5O2. The zero-order valence-electron chi connectivity index (χ0n) is 15.8. The molecule has 1 saturated heterocycles. The number of nitrogens with two attached hydrogens (primary N) is 1. The third kappa shape index (κ3) is 3.21. The van der Waals surface area contributed by atoms with Gasteiger partial charge < -0.3 is 19.9 Å². The Morgan fingerprint density at radius 2 is 2.11 bits per heavy atom. The summed E-state index contributed by atoms with van der Waals surface area (Å²) < 4.78 is 7.04. The van der Waals surface area contributed by atoms with Crippen molar-refractivity contribution in [2.45, 2.75) is 32.2 Å². The van der Waals surface area contributed by atoms with Gasteiger partial charge in [0.25, 0.3) is 5.56 Å². The minimum Gasteiger partial charge on any atom is -0.384 e. The fraction of sp³-hybridized carbons (Fsp3) is 0.500. The smallest absolute Gasteiger partial charge is 0.262 e. The quantitative estimate of drug-likeness (QED) is 0.665. The van der Waals surface area contributed by atoms with Crippen molar-refractivity contribution in [1.29, 1.82) is 0 Å². The molecule has 7 heteroatoms. The molecule has 0 amide bonds. The molecular weight excluding hydrogens is 342 g/mol. The first-order valence-electron chi connectivity index (χ1n) is 9.72. The summed E-state index contributed by atoms with van der Waals surface area (Å²) in [5, 5.41) is 9.28. The van der Waals surface area contributed by atoms with E-state index in [4.69, 9.17) is 10.5 Å². The number of hydrogen-bond donors (Lipinski definition) is 2. The van der Waals surface area contributed by atoms with Crippen molar-refractivity contribution in [2.24, 2.45) is 5.73 Å². The largest absolute Gasteiger partial charge is 0.384 e. The molecule has 1 aliphatic heterocycles. The lowest BCUT2D eigenvalue weighted by Gasteiger charge is -2.19. The summed E-state index contributed by atoms with van der Waals surface area (Å²) in [6.45, 7) is 3.88. The number of H-pyrrole nitrogens is 1. The minimum atomic E-state index is -0.000254. The van der Waals surface area contributed by atoms with Gasteiger partial charge in [0, 0.05) is 44.2 Å². The molecule has 4 rings (SSSR count). The summed E-state index contributed by atoms with van der Waals surface area (Å²) in [5.41, 5.74) is 9.43. The monoisotopic (exact) mass is 369 g/mol. The minimum absolute atomic E-state index is 0.000254. The van der Waals surface area contributed by atoms with Gasteiger partial charge >= 0.3 is 0 Å². The molecule has 3 aromatic rings. The van der Waals surface area contributed by atoms with Crippen LogP contribution in [-0.4, -0.2) is 48.1 Å². The SMILES string of the molecule is COCCc1[nH]nc2c1c(=O)n(CCCN)c1ccc(N3CCCC3)cc21. The maximum absolute atomic E-state index is 13.2. The van der Waals surface area contributed by atoms with Gasteiger partial charge in [-0.15, -0.1) is 0 Å². The highest BCUT2D eigenvalue weighted by Gasteiger charge is 2.19. The average molecular weight is 369 g/mol. The van der Waals surface area contributed by atoms with Gasteiger partial charge in [-0.3, -0.25) is 9.89 Å². The van der Waals surface area contributed by atoms with E-state index in [0.717, 1.165) is 41.6 Å². The van der Waals surface area contributed by atoms with Crippen LogP contribution >= 0.6 is 0 Å². The Labute approximate surface area is 158 Å². The van der Waals surface area contributed by atoms with Crippen molar-refractivity contribution in [3.05, 3.63) is 34.2 Å². The molecule has 144 valence electrons. The average Bonchev–Trinajstić information content (AvgIpc) is 3.36. The van der Waals surface area contributed by atoms with Crippen LogP contribution in [0.15, 0.2) is 23.0 Å². The highest BCUT2D eigenvalue weighted by molar-refractivity contribution is 6.05. The first-order valence-corrected chi connectivity index (χ1v) is 9.72. The predicted molar refractivity (Wildman–Crippen MR) is 109 cm³/mol. The first kappa shape index (κ1) is 18.0.